The first-order valence-electron chi connectivity index (χ1n) is 9.17. The summed E-state index contributed by atoms with van der Waals surface area (Å²) in [7, 11) is 0. The van der Waals surface area contributed by atoms with Gasteiger partial charge in [-0.15, -0.1) is 0 Å². The molecule has 0 aromatic heterocycles. The first-order valence-corrected chi connectivity index (χ1v) is 9.55. The van der Waals surface area contributed by atoms with Gasteiger partial charge in [0.05, 0.1) is 33.5 Å². The van der Waals surface area contributed by atoms with Crippen LogP contribution in [0.25, 0.3) is 0 Å². The Labute approximate surface area is 172 Å². The number of esters is 1. The maximum absolute atomic E-state index is 13.2. The van der Waals surface area contributed by atoms with E-state index in [1.165, 1.54) is 18.2 Å². The molecule has 152 valence electrons. The molecule has 2 aromatic rings. The Hall–Kier alpha value is -3.13. The Morgan fingerprint density at radius 1 is 1.17 bits per heavy atom. The first-order chi connectivity index (χ1) is 13.9. The van der Waals surface area contributed by atoms with E-state index in [1.807, 2.05) is 23.1 Å². The van der Waals surface area contributed by atoms with Crippen molar-refractivity contribution >= 4 is 40.5 Å². The molecule has 0 saturated carbocycles. The summed E-state index contributed by atoms with van der Waals surface area (Å²) in [6, 6.07) is 11.1. The van der Waals surface area contributed by atoms with Crippen molar-refractivity contribution in [2.45, 2.75) is 13.3 Å². The number of halogens is 1. The van der Waals surface area contributed by atoms with Crippen LogP contribution in [0.4, 0.5) is 17.1 Å². The van der Waals surface area contributed by atoms with Crippen LogP contribution in [0.15, 0.2) is 42.5 Å². The van der Waals surface area contributed by atoms with Gasteiger partial charge in [0.2, 0.25) is 0 Å². The standard InChI is InChI=1S/C20H20ClN3O5/c1-2-29-19(25)13-22-10-5-11-23(18-7-4-3-6-17(18)22)20(26)15-9-8-14(24(27)28)12-16(15)21/h3-4,6-9,12H,2,5,10-11,13H2,1H3. The van der Waals surface area contributed by atoms with Crippen molar-refractivity contribution in [1.29, 1.82) is 0 Å². The van der Waals surface area contributed by atoms with Crippen LogP contribution in [-0.2, 0) is 9.53 Å². The highest BCUT2D eigenvalue weighted by Gasteiger charge is 2.28. The maximum atomic E-state index is 13.2. The zero-order chi connectivity index (χ0) is 21.0. The normalized spacial score (nSPS) is 13.4. The highest BCUT2D eigenvalue weighted by molar-refractivity contribution is 6.34. The summed E-state index contributed by atoms with van der Waals surface area (Å²) < 4.78 is 5.06. The number of hydrogen-bond donors (Lipinski definition) is 0. The van der Waals surface area contributed by atoms with Crippen LogP contribution in [-0.4, -0.2) is 43.0 Å². The van der Waals surface area contributed by atoms with Crippen LogP contribution < -0.4 is 9.80 Å². The summed E-state index contributed by atoms with van der Waals surface area (Å²) in [6.45, 7) is 3.14. The summed E-state index contributed by atoms with van der Waals surface area (Å²) in [5.74, 6) is -0.684. The minimum Gasteiger partial charge on any atom is -0.465 e. The smallest absolute Gasteiger partial charge is 0.325 e. The topological polar surface area (TPSA) is 93.0 Å². The van der Waals surface area contributed by atoms with E-state index >= 15 is 0 Å². The van der Waals surface area contributed by atoms with Gasteiger partial charge in [0.25, 0.3) is 11.6 Å². The van der Waals surface area contributed by atoms with Crippen molar-refractivity contribution in [3.8, 4) is 0 Å². The number of nitro benzene ring substituents is 1. The van der Waals surface area contributed by atoms with E-state index < -0.39 is 4.92 Å². The molecule has 0 unspecified atom stereocenters. The first kappa shape index (κ1) is 20.6. The summed E-state index contributed by atoms with van der Waals surface area (Å²) in [6.07, 6.45) is 0.629. The van der Waals surface area contributed by atoms with Crippen LogP contribution >= 0.6 is 11.6 Å². The van der Waals surface area contributed by atoms with E-state index in [0.717, 1.165) is 5.69 Å². The highest BCUT2D eigenvalue weighted by Crippen LogP contribution is 2.34. The SMILES string of the molecule is CCOC(=O)CN1CCCN(C(=O)c2ccc([N+](=O)[O-])cc2Cl)c2ccccc21. The number of nitro groups is 1. The molecule has 0 fully saturated rings. The lowest BCUT2D eigenvalue weighted by Gasteiger charge is -2.26. The van der Waals surface area contributed by atoms with Gasteiger partial charge in [-0.2, -0.15) is 0 Å². The number of carbonyl (C=O) groups excluding carboxylic acids is 2. The van der Waals surface area contributed by atoms with Crippen molar-refractivity contribution in [3.05, 3.63) is 63.2 Å². The Morgan fingerprint density at radius 2 is 1.90 bits per heavy atom. The third kappa shape index (κ3) is 4.48. The Kier molecular flexibility index (Phi) is 6.33. The van der Waals surface area contributed by atoms with E-state index in [9.17, 15) is 19.7 Å². The summed E-state index contributed by atoms with van der Waals surface area (Å²) in [5, 5.41) is 10.9. The molecule has 0 spiro atoms. The fourth-order valence-electron chi connectivity index (χ4n) is 3.29. The molecule has 1 aliphatic heterocycles. The van der Waals surface area contributed by atoms with Crippen LogP contribution in [0.5, 0.6) is 0 Å². The van der Waals surface area contributed by atoms with Crippen molar-refractivity contribution in [3.63, 3.8) is 0 Å². The quantitative estimate of drug-likeness (QED) is 0.418. The van der Waals surface area contributed by atoms with Crippen LogP contribution in [0.2, 0.25) is 5.02 Å². The molecule has 0 atom stereocenters. The number of nitrogens with zero attached hydrogens (tertiary/aromatic N) is 3. The molecule has 1 amide bonds. The van der Waals surface area contributed by atoms with Crippen molar-refractivity contribution in [1.82, 2.24) is 0 Å². The van der Waals surface area contributed by atoms with Gasteiger partial charge in [-0.1, -0.05) is 23.7 Å². The van der Waals surface area contributed by atoms with Crippen molar-refractivity contribution in [2.75, 3.05) is 36.0 Å². The van der Waals surface area contributed by atoms with Crippen LogP contribution in [0.3, 0.4) is 0 Å². The predicted molar refractivity (Wildman–Crippen MR) is 110 cm³/mol. The number of para-hydroxylation sites is 2. The monoisotopic (exact) mass is 417 g/mol. The lowest BCUT2D eigenvalue weighted by atomic mass is 10.1. The molecule has 0 N–H and O–H groups in total. The molecule has 2 aromatic carbocycles. The van der Waals surface area contributed by atoms with Gasteiger partial charge in [-0.05, 0) is 31.5 Å². The number of non-ortho nitro benzene ring substituents is 1. The van der Waals surface area contributed by atoms with E-state index in [1.54, 1.807) is 17.9 Å². The second-order valence-electron chi connectivity index (χ2n) is 6.45. The molecule has 0 radical (unpaired) electrons. The molecule has 1 aliphatic rings. The van der Waals surface area contributed by atoms with Gasteiger partial charge in [0.15, 0.2) is 0 Å². The third-order valence-electron chi connectivity index (χ3n) is 4.59. The summed E-state index contributed by atoms with van der Waals surface area (Å²) in [4.78, 5) is 39.0. The van der Waals surface area contributed by atoms with Crippen LogP contribution in [0, 0.1) is 10.1 Å². The minimum absolute atomic E-state index is 0.0225. The Morgan fingerprint density at radius 3 is 2.55 bits per heavy atom. The predicted octanol–water partition coefficient (Wildman–Crippen LogP) is 3.67. The van der Waals surface area contributed by atoms with Crippen LogP contribution in [0.1, 0.15) is 23.7 Å². The molecule has 3 rings (SSSR count). The van der Waals surface area contributed by atoms with Gasteiger partial charge in [-0.25, -0.2) is 0 Å². The second-order valence-corrected chi connectivity index (χ2v) is 6.85. The summed E-state index contributed by atoms with van der Waals surface area (Å²) in [5.41, 5.74) is 1.40. The molecular formula is C20H20ClN3O5. The lowest BCUT2D eigenvalue weighted by Crippen LogP contribution is -2.31. The van der Waals surface area contributed by atoms with E-state index in [-0.39, 0.29) is 34.7 Å². The van der Waals surface area contributed by atoms with E-state index in [0.29, 0.717) is 31.8 Å². The number of ether oxygens (including phenoxy) is 1. The van der Waals surface area contributed by atoms with Crippen molar-refractivity contribution < 1.29 is 19.2 Å². The largest absolute Gasteiger partial charge is 0.465 e. The van der Waals surface area contributed by atoms with Gasteiger partial charge < -0.3 is 14.5 Å². The van der Waals surface area contributed by atoms with E-state index in [4.69, 9.17) is 16.3 Å². The number of rotatable bonds is 5. The minimum atomic E-state index is -0.561. The molecule has 8 nitrogen and oxygen atoms in total. The fourth-order valence-corrected chi connectivity index (χ4v) is 3.55. The average Bonchev–Trinajstić information content (AvgIpc) is 2.87. The molecule has 0 aliphatic carbocycles. The number of anilines is 2. The fraction of sp³-hybridized carbons (Fsp3) is 0.300. The van der Waals surface area contributed by atoms with Gasteiger partial charge in [0.1, 0.15) is 6.54 Å². The number of carbonyl (C=O) groups is 2. The van der Waals surface area contributed by atoms with E-state index in [2.05, 4.69) is 0 Å². The lowest BCUT2D eigenvalue weighted by molar-refractivity contribution is -0.384. The molecular weight excluding hydrogens is 398 g/mol. The average molecular weight is 418 g/mol. The number of fused-ring (bicyclic) bond motifs is 1. The molecule has 29 heavy (non-hydrogen) atoms. The zero-order valence-corrected chi connectivity index (χ0v) is 16.6. The number of amides is 1. The van der Waals surface area contributed by atoms with Crippen molar-refractivity contribution in [2.24, 2.45) is 0 Å². The zero-order valence-electron chi connectivity index (χ0n) is 15.8. The molecule has 9 heteroatoms. The Bertz CT molecular complexity index is 949. The second kappa shape index (κ2) is 8.91. The maximum Gasteiger partial charge on any atom is 0.325 e. The number of benzene rings is 2. The third-order valence-corrected chi connectivity index (χ3v) is 4.90. The number of hydrogen-bond acceptors (Lipinski definition) is 6. The van der Waals surface area contributed by atoms with Gasteiger partial charge >= 0.3 is 5.97 Å². The van der Waals surface area contributed by atoms with Gasteiger partial charge in [-0.3, -0.25) is 19.7 Å². The highest BCUT2D eigenvalue weighted by atomic mass is 35.5. The molecule has 0 bridgehead atoms. The Balaban J connectivity index is 1.94. The summed E-state index contributed by atoms with van der Waals surface area (Å²) >= 11 is 6.16. The van der Waals surface area contributed by atoms with Gasteiger partial charge in [0, 0.05) is 25.2 Å². The molecule has 0 saturated heterocycles. The molecule has 1 heterocycles.